The van der Waals surface area contributed by atoms with Crippen molar-refractivity contribution in [3.8, 4) is 0 Å². The predicted molar refractivity (Wildman–Crippen MR) is 56.1 cm³/mol. The number of hydrogen-bond acceptors (Lipinski definition) is 2. The summed E-state index contributed by atoms with van der Waals surface area (Å²) < 4.78 is 0. The number of anilines is 1. The van der Waals surface area contributed by atoms with E-state index in [1.54, 1.807) is 30.4 Å². The van der Waals surface area contributed by atoms with Gasteiger partial charge >= 0.3 is 6.03 Å². The monoisotopic (exact) mass is 193 g/mol. The zero-order valence-corrected chi connectivity index (χ0v) is 8.74. The summed E-state index contributed by atoms with van der Waals surface area (Å²) in [6, 6.07) is 1.74. The number of urea groups is 1. The molecular weight excluding hydrogens is 178 g/mol. The molecule has 1 aliphatic heterocycles. The molecule has 14 heavy (non-hydrogen) atoms. The Kier molecular flexibility index (Phi) is 3.45. The maximum atomic E-state index is 11.2. The van der Waals surface area contributed by atoms with Crippen molar-refractivity contribution >= 4 is 11.7 Å². The molecule has 0 bridgehead atoms. The van der Waals surface area contributed by atoms with Gasteiger partial charge < -0.3 is 10.2 Å². The highest BCUT2D eigenvalue weighted by Gasteiger charge is 2.18. The van der Waals surface area contributed by atoms with Crippen molar-refractivity contribution in [1.29, 1.82) is 0 Å². The summed E-state index contributed by atoms with van der Waals surface area (Å²) in [5.41, 5.74) is 1.92. The Labute approximate surface area is 83.9 Å². The van der Waals surface area contributed by atoms with E-state index in [2.05, 4.69) is 10.3 Å². The molecule has 76 valence electrons. The highest BCUT2D eigenvalue weighted by molar-refractivity contribution is 5.91. The molecule has 0 spiro atoms. The third-order valence-electron chi connectivity index (χ3n) is 1.90. The molecule has 1 aromatic rings. The van der Waals surface area contributed by atoms with E-state index in [0.29, 0.717) is 6.54 Å². The van der Waals surface area contributed by atoms with Crippen molar-refractivity contribution in [3.05, 3.63) is 24.0 Å². The Morgan fingerprint density at radius 3 is 2.93 bits per heavy atom. The van der Waals surface area contributed by atoms with Crippen molar-refractivity contribution in [2.75, 3.05) is 12.4 Å². The number of pyridine rings is 1. The first kappa shape index (κ1) is 10.5. The molecule has 0 saturated carbocycles. The Balaban J connectivity index is 0.000000461. The summed E-state index contributed by atoms with van der Waals surface area (Å²) in [4.78, 5) is 16.7. The molecule has 2 rings (SSSR count). The van der Waals surface area contributed by atoms with Crippen molar-refractivity contribution in [3.63, 3.8) is 0 Å². The van der Waals surface area contributed by atoms with Crippen LogP contribution in [-0.4, -0.2) is 23.0 Å². The predicted octanol–water partition coefficient (Wildman–Crippen LogP) is 2.09. The lowest BCUT2D eigenvalue weighted by Crippen LogP contribution is -2.35. The zero-order valence-electron chi connectivity index (χ0n) is 8.74. The highest BCUT2D eigenvalue weighted by Crippen LogP contribution is 2.19. The summed E-state index contributed by atoms with van der Waals surface area (Å²) in [5.74, 6) is 0. The van der Waals surface area contributed by atoms with Crippen LogP contribution in [0.2, 0.25) is 0 Å². The molecule has 0 aliphatic carbocycles. The van der Waals surface area contributed by atoms with Crippen LogP contribution in [0.1, 0.15) is 19.4 Å². The molecular formula is C10H15N3O. The minimum atomic E-state index is -0.0614. The standard InChI is InChI=1S/C8H9N3O.C2H6/c1-11-5-6-4-9-3-2-7(6)10-8(11)12;1-2/h2-4H,5H2,1H3,(H,10,12);1-2H3. The number of carbonyl (C=O) groups is 1. The van der Waals surface area contributed by atoms with Crippen LogP contribution in [-0.2, 0) is 6.54 Å². The van der Waals surface area contributed by atoms with Gasteiger partial charge in [-0.3, -0.25) is 4.98 Å². The van der Waals surface area contributed by atoms with Crippen LogP contribution in [0, 0.1) is 0 Å². The number of aromatic nitrogens is 1. The fourth-order valence-corrected chi connectivity index (χ4v) is 1.21. The van der Waals surface area contributed by atoms with Gasteiger partial charge in [-0.2, -0.15) is 0 Å². The van der Waals surface area contributed by atoms with E-state index in [-0.39, 0.29) is 6.03 Å². The smallest absolute Gasteiger partial charge is 0.321 e. The molecule has 4 nitrogen and oxygen atoms in total. The van der Waals surface area contributed by atoms with E-state index < -0.39 is 0 Å². The number of carbonyl (C=O) groups excluding carboxylic acids is 1. The lowest BCUT2D eigenvalue weighted by Gasteiger charge is -2.25. The number of amides is 2. The van der Waals surface area contributed by atoms with Crippen LogP contribution in [0.15, 0.2) is 18.5 Å². The Morgan fingerprint density at radius 1 is 1.50 bits per heavy atom. The lowest BCUT2D eigenvalue weighted by atomic mass is 10.2. The van der Waals surface area contributed by atoms with Crippen molar-refractivity contribution in [2.45, 2.75) is 20.4 Å². The maximum absolute atomic E-state index is 11.2. The van der Waals surface area contributed by atoms with Crippen LogP contribution >= 0.6 is 0 Å². The fourth-order valence-electron chi connectivity index (χ4n) is 1.21. The van der Waals surface area contributed by atoms with Gasteiger partial charge in [0.1, 0.15) is 0 Å². The molecule has 0 atom stereocenters. The van der Waals surface area contributed by atoms with Gasteiger partial charge in [0.15, 0.2) is 0 Å². The van der Waals surface area contributed by atoms with Gasteiger partial charge in [0.2, 0.25) is 0 Å². The SMILES string of the molecule is CC.CN1Cc2cnccc2NC1=O. The van der Waals surface area contributed by atoms with Crippen molar-refractivity contribution in [2.24, 2.45) is 0 Å². The van der Waals surface area contributed by atoms with Gasteiger partial charge in [0.25, 0.3) is 0 Å². The van der Waals surface area contributed by atoms with E-state index >= 15 is 0 Å². The second kappa shape index (κ2) is 4.60. The molecule has 2 heterocycles. The molecule has 1 N–H and O–H groups in total. The van der Waals surface area contributed by atoms with Gasteiger partial charge in [-0.1, -0.05) is 13.8 Å². The number of hydrogen-bond donors (Lipinski definition) is 1. The van der Waals surface area contributed by atoms with Crippen LogP contribution in [0.25, 0.3) is 0 Å². The molecule has 1 aliphatic rings. The van der Waals surface area contributed by atoms with Crippen LogP contribution in [0.4, 0.5) is 10.5 Å². The number of rotatable bonds is 0. The Bertz CT molecular complexity index is 325. The number of fused-ring (bicyclic) bond motifs is 1. The normalized spacial score (nSPS) is 13.6. The maximum Gasteiger partial charge on any atom is 0.321 e. The second-order valence-electron chi connectivity index (χ2n) is 2.82. The van der Waals surface area contributed by atoms with Gasteiger partial charge in [-0.15, -0.1) is 0 Å². The summed E-state index contributed by atoms with van der Waals surface area (Å²) in [7, 11) is 1.76. The van der Waals surface area contributed by atoms with Crippen LogP contribution < -0.4 is 5.32 Å². The first-order valence-corrected chi connectivity index (χ1v) is 4.72. The Hall–Kier alpha value is -1.58. The summed E-state index contributed by atoms with van der Waals surface area (Å²) in [5, 5.41) is 2.76. The fraction of sp³-hybridized carbons (Fsp3) is 0.400. The minimum absolute atomic E-state index is 0.0614. The molecule has 0 aromatic carbocycles. The molecule has 1 aromatic heterocycles. The highest BCUT2D eigenvalue weighted by atomic mass is 16.2. The third kappa shape index (κ3) is 2.02. The minimum Gasteiger partial charge on any atom is -0.323 e. The van der Waals surface area contributed by atoms with Gasteiger partial charge in [0.05, 0.1) is 12.2 Å². The first-order valence-electron chi connectivity index (χ1n) is 4.72. The zero-order chi connectivity index (χ0) is 10.6. The summed E-state index contributed by atoms with van der Waals surface area (Å²) >= 11 is 0. The lowest BCUT2D eigenvalue weighted by molar-refractivity contribution is 0.218. The topological polar surface area (TPSA) is 45.2 Å². The van der Waals surface area contributed by atoms with Gasteiger partial charge in [0, 0.05) is 25.0 Å². The third-order valence-corrected chi connectivity index (χ3v) is 1.90. The summed E-state index contributed by atoms with van der Waals surface area (Å²) in [6.45, 7) is 4.63. The molecule has 0 fully saturated rings. The Morgan fingerprint density at radius 2 is 2.21 bits per heavy atom. The van der Waals surface area contributed by atoms with Crippen molar-refractivity contribution < 1.29 is 4.79 Å². The average Bonchev–Trinajstić information content (AvgIpc) is 2.23. The molecule has 0 saturated heterocycles. The number of nitrogens with one attached hydrogen (secondary N) is 1. The van der Waals surface area contributed by atoms with Crippen molar-refractivity contribution in [1.82, 2.24) is 9.88 Å². The van der Waals surface area contributed by atoms with E-state index in [1.807, 2.05) is 13.8 Å². The summed E-state index contributed by atoms with van der Waals surface area (Å²) in [6.07, 6.45) is 3.44. The largest absolute Gasteiger partial charge is 0.323 e. The van der Waals surface area contributed by atoms with E-state index in [0.717, 1.165) is 11.3 Å². The van der Waals surface area contributed by atoms with Gasteiger partial charge in [-0.25, -0.2) is 4.79 Å². The van der Waals surface area contributed by atoms with Gasteiger partial charge in [-0.05, 0) is 6.07 Å². The molecule has 4 heteroatoms. The molecule has 0 radical (unpaired) electrons. The van der Waals surface area contributed by atoms with E-state index in [1.165, 1.54) is 0 Å². The van der Waals surface area contributed by atoms with E-state index in [9.17, 15) is 4.79 Å². The first-order chi connectivity index (χ1) is 6.77. The van der Waals surface area contributed by atoms with Crippen LogP contribution in [0.5, 0.6) is 0 Å². The van der Waals surface area contributed by atoms with E-state index in [4.69, 9.17) is 0 Å². The molecule has 2 amide bonds. The van der Waals surface area contributed by atoms with Crippen LogP contribution in [0.3, 0.4) is 0 Å². The quantitative estimate of drug-likeness (QED) is 0.685. The second-order valence-corrected chi connectivity index (χ2v) is 2.82. The molecule has 0 unspecified atom stereocenters. The average molecular weight is 193 g/mol. The number of nitrogens with zero attached hydrogens (tertiary/aromatic N) is 2.